The number of hydrogen-bond donors (Lipinski definition) is 2. The molecular weight excluding hydrogens is 318 g/mol. The normalized spacial score (nSPS) is 15.5. The number of pyridine rings is 1. The van der Waals surface area contributed by atoms with Crippen LogP contribution in [0.3, 0.4) is 0 Å². The lowest BCUT2D eigenvalue weighted by molar-refractivity contribution is -0.121. The van der Waals surface area contributed by atoms with E-state index in [9.17, 15) is 9.59 Å². The van der Waals surface area contributed by atoms with E-state index in [1.54, 1.807) is 13.2 Å². The Bertz CT molecular complexity index is 833. The highest BCUT2D eigenvalue weighted by molar-refractivity contribution is 5.99. The highest BCUT2D eigenvalue weighted by Crippen LogP contribution is 2.27. The molecule has 130 valence electrons. The number of ether oxygens (including phenoxy) is 1. The van der Waals surface area contributed by atoms with E-state index in [1.807, 2.05) is 38.1 Å². The number of benzene rings is 1. The molecule has 1 atom stereocenters. The smallest absolute Gasteiger partial charge is 0.252 e. The molecule has 2 amide bonds. The van der Waals surface area contributed by atoms with Gasteiger partial charge in [0, 0.05) is 23.4 Å². The number of aryl methyl sites for hydroxylation is 2. The van der Waals surface area contributed by atoms with Crippen LogP contribution < -0.4 is 15.4 Å². The first-order chi connectivity index (χ1) is 12.0. The lowest BCUT2D eigenvalue weighted by atomic mass is 10.0. The molecule has 2 heterocycles. The van der Waals surface area contributed by atoms with E-state index in [0.717, 1.165) is 22.4 Å². The Morgan fingerprint density at radius 1 is 1.32 bits per heavy atom. The van der Waals surface area contributed by atoms with Crippen LogP contribution in [-0.2, 0) is 11.3 Å². The van der Waals surface area contributed by atoms with Gasteiger partial charge in [0.1, 0.15) is 0 Å². The van der Waals surface area contributed by atoms with Crippen LogP contribution in [0.2, 0.25) is 0 Å². The minimum Gasteiger partial charge on any atom is -0.481 e. The van der Waals surface area contributed by atoms with Gasteiger partial charge in [-0.3, -0.25) is 9.59 Å². The lowest BCUT2D eigenvalue weighted by Gasteiger charge is -2.15. The maximum atomic E-state index is 12.3. The van der Waals surface area contributed by atoms with E-state index < -0.39 is 0 Å². The number of carbonyl (C=O) groups excluding carboxylic acids is 2. The Hall–Kier alpha value is -2.89. The molecule has 0 fully saturated rings. The van der Waals surface area contributed by atoms with Crippen molar-refractivity contribution in [3.8, 4) is 5.88 Å². The first-order valence-electron chi connectivity index (χ1n) is 8.17. The van der Waals surface area contributed by atoms with Crippen LogP contribution in [0.25, 0.3) is 0 Å². The minimum absolute atomic E-state index is 0.131. The molecule has 0 saturated carbocycles. The van der Waals surface area contributed by atoms with Crippen LogP contribution in [0.5, 0.6) is 5.88 Å². The van der Waals surface area contributed by atoms with Gasteiger partial charge in [-0.1, -0.05) is 18.2 Å². The van der Waals surface area contributed by atoms with Crippen molar-refractivity contribution in [3.63, 3.8) is 0 Å². The van der Waals surface area contributed by atoms with E-state index >= 15 is 0 Å². The Kier molecular flexibility index (Phi) is 4.70. The molecule has 1 aromatic carbocycles. The van der Waals surface area contributed by atoms with Gasteiger partial charge in [0.25, 0.3) is 5.91 Å². The van der Waals surface area contributed by atoms with Crippen LogP contribution in [0, 0.1) is 13.8 Å². The van der Waals surface area contributed by atoms with Crippen molar-refractivity contribution in [1.29, 1.82) is 0 Å². The second kappa shape index (κ2) is 6.93. The maximum Gasteiger partial charge on any atom is 0.252 e. The molecule has 0 unspecified atom stereocenters. The summed E-state index contributed by atoms with van der Waals surface area (Å²) in [5.74, 6) is 0.259. The highest BCUT2D eigenvalue weighted by atomic mass is 16.5. The van der Waals surface area contributed by atoms with Gasteiger partial charge in [0.2, 0.25) is 11.8 Å². The zero-order chi connectivity index (χ0) is 18.0. The summed E-state index contributed by atoms with van der Waals surface area (Å²) in [7, 11) is 1.57. The van der Waals surface area contributed by atoms with Gasteiger partial charge in [0.05, 0.1) is 19.6 Å². The van der Waals surface area contributed by atoms with Crippen LogP contribution >= 0.6 is 0 Å². The number of aromatic nitrogens is 1. The van der Waals surface area contributed by atoms with Crippen molar-refractivity contribution in [2.24, 2.45) is 0 Å². The Labute approximate surface area is 146 Å². The van der Waals surface area contributed by atoms with Crippen molar-refractivity contribution in [1.82, 2.24) is 15.6 Å². The van der Waals surface area contributed by atoms with Gasteiger partial charge in [-0.15, -0.1) is 0 Å². The molecule has 0 saturated heterocycles. The summed E-state index contributed by atoms with van der Waals surface area (Å²) in [4.78, 5) is 28.6. The third-order valence-corrected chi connectivity index (χ3v) is 4.37. The number of carbonyl (C=O) groups is 2. The van der Waals surface area contributed by atoms with E-state index in [-0.39, 0.29) is 24.3 Å². The molecule has 0 aliphatic carbocycles. The molecule has 1 aliphatic rings. The molecule has 0 bridgehead atoms. The number of rotatable bonds is 5. The second-order valence-electron chi connectivity index (χ2n) is 6.16. The zero-order valence-electron chi connectivity index (χ0n) is 14.6. The molecule has 1 aliphatic heterocycles. The predicted molar refractivity (Wildman–Crippen MR) is 93.4 cm³/mol. The first-order valence-corrected chi connectivity index (χ1v) is 8.17. The lowest BCUT2D eigenvalue weighted by Crippen LogP contribution is -2.29. The Balaban J connectivity index is 1.66. The molecule has 25 heavy (non-hydrogen) atoms. The average molecular weight is 339 g/mol. The summed E-state index contributed by atoms with van der Waals surface area (Å²) in [6, 6.07) is 9.01. The summed E-state index contributed by atoms with van der Waals surface area (Å²) in [6.45, 7) is 4.20. The van der Waals surface area contributed by atoms with Gasteiger partial charge in [0.15, 0.2) is 0 Å². The summed E-state index contributed by atoms with van der Waals surface area (Å²) in [6.07, 6.45) is 0.198. The topological polar surface area (TPSA) is 80.3 Å². The van der Waals surface area contributed by atoms with Gasteiger partial charge >= 0.3 is 0 Å². The zero-order valence-corrected chi connectivity index (χ0v) is 14.6. The summed E-state index contributed by atoms with van der Waals surface area (Å²) in [5.41, 5.74) is 4.25. The number of nitrogens with zero attached hydrogens (tertiary/aromatic N) is 1. The fraction of sp³-hybridized carbons (Fsp3) is 0.316. The van der Waals surface area contributed by atoms with Crippen LogP contribution in [-0.4, -0.2) is 23.9 Å². The molecule has 6 heteroatoms. The van der Waals surface area contributed by atoms with E-state index in [0.29, 0.717) is 18.0 Å². The summed E-state index contributed by atoms with van der Waals surface area (Å²) in [5, 5.41) is 5.75. The van der Waals surface area contributed by atoms with Crippen LogP contribution in [0.15, 0.2) is 30.3 Å². The average Bonchev–Trinajstić information content (AvgIpc) is 2.89. The van der Waals surface area contributed by atoms with Gasteiger partial charge in [-0.05, 0) is 37.1 Å². The molecule has 1 aromatic heterocycles. The molecule has 6 nitrogen and oxygen atoms in total. The fourth-order valence-electron chi connectivity index (χ4n) is 3.14. The van der Waals surface area contributed by atoms with Crippen molar-refractivity contribution in [2.75, 3.05) is 7.11 Å². The van der Waals surface area contributed by atoms with Gasteiger partial charge < -0.3 is 15.4 Å². The standard InChI is InChI=1S/C19H21N3O3/c1-11-8-12(2)21-19(25-3)15(11)10-20-17(23)9-16-13-6-4-5-7-14(13)18(24)22-16/h4-8,16H,9-10H2,1-3H3,(H,20,23)(H,22,24)/t16-/m1/s1. The Morgan fingerprint density at radius 3 is 2.84 bits per heavy atom. The van der Waals surface area contributed by atoms with E-state index in [4.69, 9.17) is 4.74 Å². The van der Waals surface area contributed by atoms with E-state index in [1.165, 1.54) is 0 Å². The second-order valence-corrected chi connectivity index (χ2v) is 6.16. The SMILES string of the molecule is COc1nc(C)cc(C)c1CNC(=O)C[C@H]1NC(=O)c2ccccc21. The first kappa shape index (κ1) is 17.0. The van der Waals surface area contributed by atoms with Gasteiger partial charge in [-0.25, -0.2) is 4.98 Å². The van der Waals surface area contributed by atoms with Crippen LogP contribution in [0.4, 0.5) is 0 Å². The molecule has 3 rings (SSSR count). The number of nitrogens with one attached hydrogen (secondary N) is 2. The van der Waals surface area contributed by atoms with Crippen molar-refractivity contribution in [2.45, 2.75) is 32.9 Å². The van der Waals surface area contributed by atoms with Gasteiger partial charge in [-0.2, -0.15) is 0 Å². The molecule has 0 spiro atoms. The van der Waals surface area contributed by atoms with Crippen molar-refractivity contribution in [3.05, 3.63) is 58.3 Å². The van der Waals surface area contributed by atoms with Crippen molar-refractivity contribution < 1.29 is 14.3 Å². The predicted octanol–water partition coefficient (Wildman–Crippen LogP) is 2.20. The third-order valence-electron chi connectivity index (χ3n) is 4.37. The Morgan fingerprint density at radius 2 is 2.08 bits per heavy atom. The molecule has 2 N–H and O–H groups in total. The molecule has 0 radical (unpaired) electrons. The number of fused-ring (bicyclic) bond motifs is 1. The van der Waals surface area contributed by atoms with E-state index in [2.05, 4.69) is 15.6 Å². The monoisotopic (exact) mass is 339 g/mol. The number of amides is 2. The molecule has 2 aromatic rings. The summed E-state index contributed by atoms with van der Waals surface area (Å²) >= 11 is 0. The third kappa shape index (κ3) is 3.47. The number of hydrogen-bond acceptors (Lipinski definition) is 4. The summed E-state index contributed by atoms with van der Waals surface area (Å²) < 4.78 is 5.31. The maximum absolute atomic E-state index is 12.3. The highest BCUT2D eigenvalue weighted by Gasteiger charge is 2.29. The molecular formula is C19H21N3O3. The van der Waals surface area contributed by atoms with Crippen LogP contribution in [0.1, 0.15) is 45.2 Å². The fourth-order valence-corrected chi connectivity index (χ4v) is 3.14. The minimum atomic E-state index is -0.289. The van der Waals surface area contributed by atoms with Crippen molar-refractivity contribution >= 4 is 11.8 Å². The largest absolute Gasteiger partial charge is 0.481 e. The quantitative estimate of drug-likeness (QED) is 0.875. The number of methoxy groups -OCH3 is 1.